The van der Waals surface area contributed by atoms with Gasteiger partial charge in [0.15, 0.2) is 5.82 Å². The molecule has 2 heterocycles. The first-order chi connectivity index (χ1) is 13.0. The van der Waals surface area contributed by atoms with Crippen LogP contribution in [0.1, 0.15) is 11.1 Å². The third kappa shape index (κ3) is 2.57. The normalized spacial score (nSPS) is 11.1. The van der Waals surface area contributed by atoms with E-state index in [1.807, 2.05) is 13.0 Å². The molecule has 5 nitrogen and oxygen atoms in total. The van der Waals surface area contributed by atoms with Crippen LogP contribution in [0.4, 0.5) is 9.39 Å². The summed E-state index contributed by atoms with van der Waals surface area (Å²) in [4.78, 5) is 8.10. The number of nitrogens with zero attached hydrogens (tertiary/aromatic N) is 3. The number of ether oxygens (including phenoxy) is 1. The van der Waals surface area contributed by atoms with Crippen molar-refractivity contribution < 1.29 is 9.13 Å². The molecule has 0 aliphatic rings. The lowest BCUT2D eigenvalue weighted by Gasteiger charge is -2.12. The molecule has 2 aromatic heterocycles. The van der Waals surface area contributed by atoms with Gasteiger partial charge in [0.05, 0.1) is 17.7 Å². The maximum atomic E-state index is 15.5. The number of rotatable bonds is 2. The van der Waals surface area contributed by atoms with E-state index in [1.165, 1.54) is 24.6 Å². The van der Waals surface area contributed by atoms with E-state index in [4.69, 9.17) is 22.1 Å². The second kappa shape index (κ2) is 6.34. The van der Waals surface area contributed by atoms with Crippen molar-refractivity contribution in [2.24, 2.45) is 0 Å². The van der Waals surface area contributed by atoms with E-state index in [-0.39, 0.29) is 22.1 Å². The van der Waals surface area contributed by atoms with Gasteiger partial charge < -0.3 is 10.5 Å². The molecule has 2 N–H and O–H groups in total. The fourth-order valence-corrected chi connectivity index (χ4v) is 4.42. The smallest absolute Gasteiger partial charge is 0.316 e. The largest absolute Gasteiger partial charge is 0.467 e. The van der Waals surface area contributed by atoms with E-state index in [9.17, 15) is 5.26 Å². The topological polar surface area (TPSA) is 84.8 Å². The SMILES string of the molecule is COc1ncc2cc(Cl)c(-c3ccc(C)c4sc(N)c(C#N)c34)c(F)c2n1. The minimum atomic E-state index is -0.600. The van der Waals surface area contributed by atoms with E-state index in [1.54, 1.807) is 12.1 Å². The van der Waals surface area contributed by atoms with Gasteiger partial charge in [-0.3, -0.25) is 0 Å². The summed E-state index contributed by atoms with van der Waals surface area (Å²) in [7, 11) is 1.41. The number of thiophene rings is 1. The number of nitrogens with two attached hydrogens (primary N) is 1. The van der Waals surface area contributed by atoms with Crippen molar-refractivity contribution in [2.75, 3.05) is 12.8 Å². The predicted molar refractivity (Wildman–Crippen MR) is 106 cm³/mol. The minimum absolute atomic E-state index is 0.0567. The molecule has 0 saturated heterocycles. The van der Waals surface area contributed by atoms with Gasteiger partial charge in [-0.05, 0) is 24.1 Å². The van der Waals surface area contributed by atoms with E-state index in [0.29, 0.717) is 26.9 Å². The van der Waals surface area contributed by atoms with E-state index >= 15 is 4.39 Å². The Labute approximate surface area is 162 Å². The van der Waals surface area contributed by atoms with Gasteiger partial charge in [-0.1, -0.05) is 23.7 Å². The van der Waals surface area contributed by atoms with Crippen molar-refractivity contribution in [1.82, 2.24) is 9.97 Å². The first-order valence-electron chi connectivity index (χ1n) is 7.87. The summed E-state index contributed by atoms with van der Waals surface area (Å²) in [5.74, 6) is -0.600. The number of aromatic nitrogens is 2. The van der Waals surface area contributed by atoms with E-state index < -0.39 is 5.82 Å². The standard InChI is InChI=1S/C19H12ClFN4OS/c1-8-3-4-10(13-11(6-22)18(23)27-17(8)13)14-12(20)5-9-7-24-19(26-2)25-16(9)15(14)21/h3-5,7H,23H2,1-2H3. The van der Waals surface area contributed by atoms with Crippen molar-refractivity contribution in [1.29, 1.82) is 5.26 Å². The van der Waals surface area contributed by atoms with Gasteiger partial charge in [-0.2, -0.15) is 10.2 Å². The van der Waals surface area contributed by atoms with Crippen LogP contribution in [0.2, 0.25) is 5.02 Å². The molecule has 0 amide bonds. The third-order valence-corrected chi connectivity index (χ3v) is 5.82. The molecule has 0 saturated carbocycles. The van der Waals surface area contributed by atoms with Gasteiger partial charge in [0.2, 0.25) is 0 Å². The lowest BCUT2D eigenvalue weighted by molar-refractivity contribution is 0.381. The third-order valence-electron chi connectivity index (χ3n) is 4.37. The lowest BCUT2D eigenvalue weighted by atomic mass is 9.96. The summed E-state index contributed by atoms with van der Waals surface area (Å²) in [6.07, 6.45) is 1.45. The van der Waals surface area contributed by atoms with Crippen molar-refractivity contribution in [2.45, 2.75) is 6.92 Å². The number of nitriles is 1. The summed E-state index contributed by atoms with van der Waals surface area (Å²) in [5.41, 5.74) is 8.06. The summed E-state index contributed by atoms with van der Waals surface area (Å²) < 4.78 is 21.3. The Kier molecular flexibility index (Phi) is 4.10. The molecule has 0 aliphatic carbocycles. The molecular weight excluding hydrogens is 387 g/mol. The number of aryl methyl sites for hydroxylation is 1. The molecule has 0 atom stereocenters. The van der Waals surface area contributed by atoms with Crippen molar-refractivity contribution >= 4 is 48.9 Å². The molecule has 2 aromatic carbocycles. The number of hydrogen-bond donors (Lipinski definition) is 1. The Balaban J connectivity index is 2.15. The first-order valence-corrected chi connectivity index (χ1v) is 9.06. The van der Waals surface area contributed by atoms with E-state index in [2.05, 4.69) is 16.0 Å². The Morgan fingerprint density at radius 1 is 1.37 bits per heavy atom. The number of fused-ring (bicyclic) bond motifs is 2. The van der Waals surface area contributed by atoms with Crippen LogP contribution in [-0.4, -0.2) is 17.1 Å². The highest BCUT2D eigenvalue weighted by Gasteiger charge is 2.22. The quantitative estimate of drug-likeness (QED) is 0.509. The molecule has 0 bridgehead atoms. The highest BCUT2D eigenvalue weighted by molar-refractivity contribution is 7.23. The fraction of sp³-hybridized carbons (Fsp3) is 0.105. The Hall–Kier alpha value is -2.95. The molecule has 0 spiro atoms. The number of nitrogen functional groups attached to an aromatic ring is 1. The van der Waals surface area contributed by atoms with Crippen LogP contribution in [0.5, 0.6) is 6.01 Å². The van der Waals surface area contributed by atoms with Crippen LogP contribution >= 0.6 is 22.9 Å². The van der Waals surface area contributed by atoms with Crippen molar-refractivity contribution in [3.8, 4) is 23.2 Å². The number of methoxy groups -OCH3 is 1. The maximum Gasteiger partial charge on any atom is 0.316 e. The van der Waals surface area contributed by atoms with Crippen molar-refractivity contribution in [3.63, 3.8) is 0 Å². The highest BCUT2D eigenvalue weighted by atomic mass is 35.5. The number of hydrogen-bond acceptors (Lipinski definition) is 6. The van der Waals surface area contributed by atoms with Crippen LogP contribution in [0, 0.1) is 24.1 Å². The number of anilines is 1. The summed E-state index contributed by atoms with van der Waals surface area (Å²) in [6, 6.07) is 7.39. The molecule has 27 heavy (non-hydrogen) atoms. The van der Waals surface area contributed by atoms with Gasteiger partial charge in [0.1, 0.15) is 16.6 Å². The van der Waals surface area contributed by atoms with Gasteiger partial charge >= 0.3 is 6.01 Å². The average molecular weight is 399 g/mol. The molecular formula is C19H12ClFN4OS. The van der Waals surface area contributed by atoms with Gasteiger partial charge in [0, 0.05) is 27.2 Å². The Bertz CT molecular complexity index is 1280. The molecule has 134 valence electrons. The van der Waals surface area contributed by atoms with Crippen LogP contribution in [-0.2, 0) is 0 Å². The van der Waals surface area contributed by atoms with Crippen LogP contribution < -0.4 is 10.5 Å². The number of halogens is 2. The van der Waals surface area contributed by atoms with Crippen molar-refractivity contribution in [3.05, 3.63) is 46.4 Å². The zero-order valence-electron chi connectivity index (χ0n) is 14.3. The number of benzene rings is 2. The molecule has 4 aromatic rings. The van der Waals surface area contributed by atoms with Crippen LogP contribution in [0.3, 0.4) is 0 Å². The van der Waals surface area contributed by atoms with Crippen LogP contribution in [0.25, 0.3) is 32.1 Å². The monoisotopic (exact) mass is 398 g/mol. The summed E-state index contributed by atoms with van der Waals surface area (Å²) in [5, 5.41) is 11.2. The molecule has 0 unspecified atom stereocenters. The van der Waals surface area contributed by atoms with Gasteiger partial charge in [-0.25, -0.2) is 9.37 Å². The highest BCUT2D eigenvalue weighted by Crippen LogP contribution is 2.44. The Morgan fingerprint density at radius 3 is 2.85 bits per heavy atom. The fourth-order valence-electron chi connectivity index (χ4n) is 3.10. The molecule has 0 fully saturated rings. The molecule has 0 aliphatic heterocycles. The molecule has 0 radical (unpaired) electrons. The molecule has 8 heteroatoms. The summed E-state index contributed by atoms with van der Waals surface area (Å²) >= 11 is 7.73. The van der Waals surface area contributed by atoms with E-state index in [0.717, 1.165) is 10.3 Å². The first kappa shape index (κ1) is 17.5. The minimum Gasteiger partial charge on any atom is -0.467 e. The molecule has 4 rings (SSSR count). The van der Waals surface area contributed by atoms with Gasteiger partial charge in [0.25, 0.3) is 0 Å². The zero-order chi connectivity index (χ0) is 19.3. The van der Waals surface area contributed by atoms with Gasteiger partial charge in [-0.15, -0.1) is 11.3 Å². The second-order valence-corrected chi connectivity index (χ2v) is 7.39. The lowest BCUT2D eigenvalue weighted by Crippen LogP contribution is -1.97. The average Bonchev–Trinajstić information content (AvgIpc) is 3.00. The Morgan fingerprint density at radius 2 is 2.15 bits per heavy atom. The maximum absolute atomic E-state index is 15.5. The second-order valence-electron chi connectivity index (χ2n) is 5.93. The zero-order valence-corrected chi connectivity index (χ0v) is 15.9. The van der Waals surface area contributed by atoms with Crippen LogP contribution in [0.15, 0.2) is 24.4 Å². The predicted octanol–water partition coefficient (Wildman–Crippen LogP) is 5.07. The summed E-state index contributed by atoms with van der Waals surface area (Å²) in [6.45, 7) is 1.92.